The maximum atomic E-state index is 12.5. The highest BCUT2D eigenvalue weighted by Gasteiger charge is 2.35. The third-order valence-electron chi connectivity index (χ3n) is 3.25. The van der Waals surface area contributed by atoms with Crippen LogP contribution in [0.15, 0.2) is 18.3 Å². The lowest BCUT2D eigenvalue weighted by atomic mass is 10.2. The largest absolute Gasteiger partial charge is 0.467 e. The van der Waals surface area contributed by atoms with Crippen LogP contribution in [-0.4, -0.2) is 60.7 Å². The van der Waals surface area contributed by atoms with Gasteiger partial charge in [-0.25, -0.2) is 13.6 Å². The molecule has 21 heavy (non-hydrogen) atoms. The third-order valence-corrected chi connectivity index (χ3v) is 3.25. The van der Waals surface area contributed by atoms with Gasteiger partial charge in [-0.2, -0.15) is 0 Å². The molecular weight excluding hydrogens is 286 g/mol. The number of hydrogen-bond donors (Lipinski definition) is 0. The molecule has 2 heterocycles. The van der Waals surface area contributed by atoms with E-state index in [2.05, 4.69) is 4.74 Å². The molecule has 1 saturated heterocycles. The maximum Gasteiger partial charge on any atom is 0.331 e. The predicted octanol–water partition coefficient (Wildman–Crippen LogP) is 0.767. The van der Waals surface area contributed by atoms with Crippen molar-refractivity contribution in [3.05, 3.63) is 24.0 Å². The standard InChI is InChI=1S/C13H16F2N2O4/c1-20-13(19)10-8-21-6-5-17(10)12(18)9-3-2-4-16(9)7-11(14)15/h2-4,10-11H,5-8H2,1H3. The average Bonchev–Trinajstić information content (AvgIpc) is 2.93. The van der Waals surface area contributed by atoms with Crippen LogP contribution in [0.25, 0.3) is 0 Å². The predicted molar refractivity (Wildman–Crippen MR) is 68.1 cm³/mol. The highest BCUT2D eigenvalue weighted by molar-refractivity contribution is 5.95. The zero-order chi connectivity index (χ0) is 15.4. The number of carbonyl (C=O) groups excluding carboxylic acids is 2. The van der Waals surface area contributed by atoms with Crippen molar-refractivity contribution in [1.29, 1.82) is 0 Å². The van der Waals surface area contributed by atoms with Crippen molar-refractivity contribution < 1.29 is 27.8 Å². The number of aromatic nitrogens is 1. The lowest BCUT2D eigenvalue weighted by Crippen LogP contribution is -2.53. The lowest BCUT2D eigenvalue weighted by Gasteiger charge is -2.33. The molecule has 1 aliphatic rings. The minimum atomic E-state index is -2.56. The van der Waals surface area contributed by atoms with Gasteiger partial charge in [0, 0.05) is 12.7 Å². The van der Waals surface area contributed by atoms with Crippen LogP contribution in [0.4, 0.5) is 8.78 Å². The second kappa shape index (κ2) is 6.66. The lowest BCUT2D eigenvalue weighted by molar-refractivity contribution is -0.151. The van der Waals surface area contributed by atoms with Gasteiger partial charge in [0.1, 0.15) is 5.69 Å². The Labute approximate surface area is 120 Å². The summed E-state index contributed by atoms with van der Waals surface area (Å²) >= 11 is 0. The van der Waals surface area contributed by atoms with Crippen molar-refractivity contribution in [1.82, 2.24) is 9.47 Å². The minimum absolute atomic E-state index is 0.0357. The SMILES string of the molecule is COC(=O)C1COCCN1C(=O)c1cccn1CC(F)F. The number of esters is 1. The van der Waals surface area contributed by atoms with Crippen LogP contribution in [-0.2, 0) is 20.8 Å². The molecule has 6 nitrogen and oxygen atoms in total. The van der Waals surface area contributed by atoms with Crippen molar-refractivity contribution in [2.75, 3.05) is 26.9 Å². The molecule has 8 heteroatoms. The fourth-order valence-corrected chi connectivity index (χ4v) is 2.24. The van der Waals surface area contributed by atoms with Crippen LogP contribution < -0.4 is 0 Å². The Morgan fingerprint density at radius 2 is 2.29 bits per heavy atom. The van der Waals surface area contributed by atoms with E-state index in [1.165, 1.54) is 34.9 Å². The Balaban J connectivity index is 2.21. The summed E-state index contributed by atoms with van der Waals surface area (Å²) in [5.41, 5.74) is 0.117. The van der Waals surface area contributed by atoms with E-state index in [4.69, 9.17) is 4.74 Å². The van der Waals surface area contributed by atoms with Crippen LogP contribution >= 0.6 is 0 Å². The Hall–Kier alpha value is -1.96. The van der Waals surface area contributed by atoms with E-state index in [1.807, 2.05) is 0 Å². The fourth-order valence-electron chi connectivity index (χ4n) is 2.24. The number of alkyl halides is 2. The summed E-state index contributed by atoms with van der Waals surface area (Å²) in [7, 11) is 1.22. The van der Waals surface area contributed by atoms with Crippen molar-refractivity contribution >= 4 is 11.9 Å². The number of hydrogen-bond acceptors (Lipinski definition) is 4. The Bertz CT molecular complexity index is 518. The molecule has 1 aliphatic heterocycles. The van der Waals surface area contributed by atoms with E-state index in [0.717, 1.165) is 0 Å². The zero-order valence-electron chi connectivity index (χ0n) is 11.5. The van der Waals surface area contributed by atoms with Crippen LogP contribution in [0.2, 0.25) is 0 Å². The number of carbonyl (C=O) groups is 2. The first kappa shape index (κ1) is 15.4. The Kier molecular flexibility index (Phi) is 4.89. The van der Waals surface area contributed by atoms with Gasteiger partial charge < -0.3 is 18.9 Å². The van der Waals surface area contributed by atoms with E-state index in [-0.39, 0.29) is 25.5 Å². The molecule has 0 bridgehead atoms. The van der Waals surface area contributed by atoms with Crippen molar-refractivity contribution in [2.45, 2.75) is 19.0 Å². The molecule has 0 aliphatic carbocycles. The number of halogens is 2. The van der Waals surface area contributed by atoms with Gasteiger partial charge in [0.05, 0.1) is 26.9 Å². The van der Waals surface area contributed by atoms with Crippen LogP contribution in [0.5, 0.6) is 0 Å². The molecule has 1 amide bonds. The highest BCUT2D eigenvalue weighted by Crippen LogP contribution is 2.15. The second-order valence-corrected chi connectivity index (χ2v) is 4.55. The first-order valence-electron chi connectivity index (χ1n) is 6.44. The molecule has 1 unspecified atom stereocenters. The second-order valence-electron chi connectivity index (χ2n) is 4.55. The molecule has 1 atom stereocenters. The summed E-state index contributed by atoms with van der Waals surface area (Å²) in [6.07, 6.45) is -1.16. The smallest absolute Gasteiger partial charge is 0.331 e. The first-order chi connectivity index (χ1) is 10.0. The number of nitrogens with zero attached hydrogens (tertiary/aromatic N) is 2. The minimum Gasteiger partial charge on any atom is -0.467 e. The van der Waals surface area contributed by atoms with Crippen molar-refractivity contribution in [3.63, 3.8) is 0 Å². The van der Waals surface area contributed by atoms with Gasteiger partial charge in [-0.05, 0) is 12.1 Å². The van der Waals surface area contributed by atoms with E-state index in [1.54, 1.807) is 0 Å². The molecule has 0 saturated carbocycles. The summed E-state index contributed by atoms with van der Waals surface area (Å²) in [5.74, 6) is -1.07. The zero-order valence-corrected chi connectivity index (χ0v) is 11.5. The summed E-state index contributed by atoms with van der Waals surface area (Å²) in [6, 6.07) is 2.11. The monoisotopic (exact) mass is 302 g/mol. The quantitative estimate of drug-likeness (QED) is 0.771. The van der Waals surface area contributed by atoms with Gasteiger partial charge in [0.25, 0.3) is 12.3 Å². The van der Waals surface area contributed by atoms with Gasteiger partial charge in [-0.1, -0.05) is 0 Å². The molecule has 2 rings (SSSR count). The highest BCUT2D eigenvalue weighted by atomic mass is 19.3. The van der Waals surface area contributed by atoms with Gasteiger partial charge in [0.15, 0.2) is 6.04 Å². The van der Waals surface area contributed by atoms with Crippen LogP contribution in [0.1, 0.15) is 10.5 Å². The number of methoxy groups -OCH3 is 1. The molecule has 0 aromatic carbocycles. The van der Waals surface area contributed by atoms with E-state index in [9.17, 15) is 18.4 Å². The fraction of sp³-hybridized carbons (Fsp3) is 0.538. The van der Waals surface area contributed by atoms with Gasteiger partial charge in [-0.15, -0.1) is 0 Å². The summed E-state index contributed by atoms with van der Waals surface area (Å²) in [6.45, 7) is -0.0392. The molecule has 0 spiro atoms. The van der Waals surface area contributed by atoms with E-state index < -0.39 is 30.9 Å². The number of amides is 1. The summed E-state index contributed by atoms with van der Waals surface area (Å²) < 4.78 is 36.0. The van der Waals surface area contributed by atoms with Crippen molar-refractivity contribution in [3.8, 4) is 0 Å². The van der Waals surface area contributed by atoms with Crippen molar-refractivity contribution in [2.24, 2.45) is 0 Å². The Morgan fingerprint density at radius 1 is 1.52 bits per heavy atom. The molecule has 1 aromatic rings. The average molecular weight is 302 g/mol. The molecule has 1 fully saturated rings. The number of morpholine rings is 1. The molecular formula is C13H16F2N2O4. The Morgan fingerprint density at radius 3 is 2.95 bits per heavy atom. The molecule has 1 aromatic heterocycles. The first-order valence-corrected chi connectivity index (χ1v) is 6.44. The maximum absolute atomic E-state index is 12.5. The topological polar surface area (TPSA) is 60.8 Å². The molecule has 0 radical (unpaired) electrons. The molecule has 116 valence electrons. The van der Waals surface area contributed by atoms with Gasteiger partial charge in [-0.3, -0.25) is 4.79 Å². The summed E-state index contributed by atoms with van der Waals surface area (Å²) in [4.78, 5) is 25.5. The van der Waals surface area contributed by atoms with Gasteiger partial charge in [0.2, 0.25) is 0 Å². The number of ether oxygens (including phenoxy) is 2. The normalized spacial score (nSPS) is 18.9. The van der Waals surface area contributed by atoms with Crippen LogP contribution in [0, 0.1) is 0 Å². The number of rotatable bonds is 4. The van der Waals surface area contributed by atoms with E-state index in [0.29, 0.717) is 0 Å². The van der Waals surface area contributed by atoms with Crippen LogP contribution in [0.3, 0.4) is 0 Å². The van der Waals surface area contributed by atoms with E-state index >= 15 is 0 Å². The summed E-state index contributed by atoms with van der Waals surface area (Å²) in [5, 5.41) is 0. The van der Waals surface area contributed by atoms with Gasteiger partial charge >= 0.3 is 5.97 Å². The third kappa shape index (κ3) is 3.38. The molecule has 0 N–H and O–H groups in total.